The Kier molecular flexibility index (Phi) is 13.2. The molecule has 44 heavy (non-hydrogen) atoms. The Morgan fingerprint density at radius 1 is 0.659 bits per heavy atom. The predicted octanol–water partition coefficient (Wildman–Crippen LogP) is 4.30. The first-order valence-electron chi connectivity index (χ1n) is 15.3. The van der Waals surface area contributed by atoms with E-state index in [0.29, 0.717) is 0 Å². The summed E-state index contributed by atoms with van der Waals surface area (Å²) >= 11 is 2.26. The zero-order chi connectivity index (χ0) is 29.6. The Morgan fingerprint density at radius 2 is 1.23 bits per heavy atom. The van der Waals surface area contributed by atoms with Gasteiger partial charge in [0.2, 0.25) is 0 Å². The summed E-state index contributed by atoms with van der Waals surface area (Å²) in [6.07, 6.45) is 16.7. The molecule has 1 fully saturated rings. The van der Waals surface area contributed by atoms with Crippen LogP contribution in [0.25, 0.3) is 11.1 Å². The molecule has 3 heteroatoms. The van der Waals surface area contributed by atoms with Crippen molar-refractivity contribution >= 4 is 3.81 Å². The minimum atomic E-state index is -0.0591. The molecule has 0 aromatic heterocycles. The number of fused-ring (bicyclic) bond motifs is 3. The minimum absolute atomic E-state index is 0. The van der Waals surface area contributed by atoms with Gasteiger partial charge in [-0.1, -0.05) is 118 Å². The number of halogens is 2. The standard InChI is InChI=1S/C31H29.C5H8.C5H5.2ClH.Ti/c1-30(2,24-11-7-5-8-12-24)26-17-15-22-19-23-16-18-27(21-29(23)28(22)20-26)31(3,4)25-13-9-6-10-14-25;2*1-2-4-5-3-1;;;/h5-15,17-18,20-21H,19H2,1-4H3;1-4H2;1-3H,4H2;2*1H;/q-1;;-1;;;+2/p-2. The van der Waals surface area contributed by atoms with Gasteiger partial charge in [0.05, 0.1) is 0 Å². The summed E-state index contributed by atoms with van der Waals surface area (Å²) in [7, 11) is 0. The third-order valence-electron chi connectivity index (χ3n) is 9.02. The fourth-order valence-electron chi connectivity index (χ4n) is 6.02. The van der Waals surface area contributed by atoms with E-state index in [2.05, 4.69) is 157 Å². The van der Waals surface area contributed by atoms with Gasteiger partial charge in [0, 0.05) is 5.41 Å². The van der Waals surface area contributed by atoms with Gasteiger partial charge in [-0.2, -0.15) is 29.8 Å². The van der Waals surface area contributed by atoms with Crippen LogP contribution in [0.5, 0.6) is 0 Å². The van der Waals surface area contributed by atoms with E-state index in [1.807, 2.05) is 12.2 Å². The zero-order valence-corrected chi connectivity index (χ0v) is 29.5. The van der Waals surface area contributed by atoms with Crippen molar-refractivity contribution in [2.75, 3.05) is 0 Å². The van der Waals surface area contributed by atoms with Crippen molar-refractivity contribution in [1.82, 2.24) is 0 Å². The van der Waals surface area contributed by atoms with Crippen LogP contribution in [0.15, 0.2) is 109 Å². The third kappa shape index (κ3) is 8.41. The van der Waals surface area contributed by atoms with Crippen LogP contribution < -0.4 is 24.8 Å². The first kappa shape index (κ1) is 36.0. The van der Waals surface area contributed by atoms with Gasteiger partial charge in [-0.15, -0.1) is 17.5 Å². The van der Waals surface area contributed by atoms with Crippen LogP contribution in [-0.2, 0) is 37.2 Å². The molecule has 0 nitrogen and oxygen atoms in total. The molecule has 3 aliphatic rings. The van der Waals surface area contributed by atoms with Crippen molar-refractivity contribution in [2.45, 2.75) is 77.0 Å². The first-order valence-corrected chi connectivity index (χ1v) is 16.1. The van der Waals surface area contributed by atoms with Gasteiger partial charge in [0.25, 0.3) is 0 Å². The molecule has 7 rings (SSSR count). The number of rotatable bonds is 4. The van der Waals surface area contributed by atoms with Crippen molar-refractivity contribution in [3.05, 3.63) is 155 Å². The molecule has 0 radical (unpaired) electrons. The molecular weight excluding hydrogens is 611 g/mol. The normalized spacial score (nSPS) is 14.3. The van der Waals surface area contributed by atoms with Crippen LogP contribution >= 0.6 is 0 Å². The number of allylic oxidation sites excluding steroid dienone is 4. The molecule has 0 aliphatic heterocycles. The number of hydrogen-bond acceptors (Lipinski definition) is 0. The Balaban J connectivity index is 0.000000343. The van der Waals surface area contributed by atoms with Gasteiger partial charge >= 0.3 is 49.5 Å². The van der Waals surface area contributed by atoms with Crippen molar-refractivity contribution in [3.63, 3.8) is 0 Å². The zero-order valence-electron chi connectivity index (χ0n) is 26.4. The summed E-state index contributed by atoms with van der Waals surface area (Å²) in [6.45, 7) is 9.26. The summed E-state index contributed by atoms with van der Waals surface area (Å²) in [5.41, 5.74) is 10.7. The van der Waals surface area contributed by atoms with Gasteiger partial charge < -0.3 is 24.8 Å². The third-order valence-corrected chi connectivity index (χ3v) is 9.80. The monoisotopic (exact) mass is 652 g/mol. The van der Waals surface area contributed by atoms with Crippen LogP contribution in [-0.4, -0.2) is 3.81 Å². The van der Waals surface area contributed by atoms with E-state index in [-0.39, 0.29) is 35.6 Å². The molecule has 226 valence electrons. The Bertz CT molecular complexity index is 1460. The van der Waals surface area contributed by atoms with Crippen molar-refractivity contribution in [1.29, 1.82) is 0 Å². The maximum absolute atomic E-state index is 3.63. The molecule has 1 saturated carbocycles. The summed E-state index contributed by atoms with van der Waals surface area (Å²) < 4.78 is 1.70. The van der Waals surface area contributed by atoms with Crippen molar-refractivity contribution in [3.8, 4) is 11.1 Å². The summed E-state index contributed by atoms with van der Waals surface area (Å²) in [5, 5.41) is 0. The van der Waals surface area contributed by atoms with Crippen LogP contribution in [0.3, 0.4) is 0 Å². The second-order valence-electron chi connectivity index (χ2n) is 12.6. The van der Waals surface area contributed by atoms with Gasteiger partial charge in [-0.05, 0) is 28.5 Å². The summed E-state index contributed by atoms with van der Waals surface area (Å²) in [6, 6.07) is 36.9. The van der Waals surface area contributed by atoms with Crippen molar-refractivity contribution < 1.29 is 44.8 Å². The fourth-order valence-corrected chi connectivity index (χ4v) is 6.57. The van der Waals surface area contributed by atoms with E-state index in [1.165, 1.54) is 70.2 Å². The van der Waals surface area contributed by atoms with Crippen LogP contribution in [0.2, 0.25) is 0 Å². The molecule has 0 spiro atoms. The van der Waals surface area contributed by atoms with Crippen molar-refractivity contribution in [2.24, 2.45) is 0 Å². The van der Waals surface area contributed by atoms with Gasteiger partial charge in [0.15, 0.2) is 0 Å². The van der Waals surface area contributed by atoms with Gasteiger partial charge in [-0.25, -0.2) is 12.2 Å². The van der Waals surface area contributed by atoms with Crippen LogP contribution in [0, 0.1) is 12.1 Å². The summed E-state index contributed by atoms with van der Waals surface area (Å²) in [4.78, 5) is 0. The first-order chi connectivity index (χ1) is 20.3. The van der Waals surface area contributed by atoms with E-state index in [0.717, 1.165) is 12.8 Å². The molecule has 4 aromatic rings. The average molecular weight is 654 g/mol. The molecule has 0 heterocycles. The molecule has 0 atom stereocenters. The molecule has 0 bridgehead atoms. The van der Waals surface area contributed by atoms with E-state index in [4.69, 9.17) is 0 Å². The Hall–Kier alpha value is -2.48. The Morgan fingerprint density at radius 3 is 1.70 bits per heavy atom. The maximum atomic E-state index is 3.63. The average Bonchev–Trinajstić information content (AvgIpc) is 3.81. The molecule has 4 aromatic carbocycles. The summed E-state index contributed by atoms with van der Waals surface area (Å²) in [5.74, 6) is 0. The van der Waals surface area contributed by atoms with Crippen LogP contribution in [0.4, 0.5) is 0 Å². The van der Waals surface area contributed by atoms with E-state index < -0.39 is 0 Å². The van der Waals surface area contributed by atoms with Crippen LogP contribution in [0.1, 0.15) is 93.2 Å². The molecular formula is C41H42Cl2Ti-2. The van der Waals surface area contributed by atoms with E-state index >= 15 is 0 Å². The molecule has 3 aliphatic carbocycles. The van der Waals surface area contributed by atoms with Gasteiger partial charge in [0.1, 0.15) is 0 Å². The topological polar surface area (TPSA) is 0 Å². The van der Waals surface area contributed by atoms with E-state index in [9.17, 15) is 0 Å². The fraction of sp³-hybridized carbons (Fsp3) is 0.293. The second-order valence-corrected chi connectivity index (χ2v) is 13.7. The predicted molar refractivity (Wildman–Crippen MR) is 176 cm³/mol. The molecule has 0 saturated heterocycles. The van der Waals surface area contributed by atoms with Gasteiger partial charge in [-0.3, -0.25) is 6.08 Å². The second kappa shape index (κ2) is 16.2. The molecule has 0 unspecified atom stereocenters. The molecule has 0 amide bonds. The quantitative estimate of drug-likeness (QED) is 0.201. The molecule has 0 N–H and O–H groups in total. The Labute approximate surface area is 289 Å². The SMILES string of the molecule is CC(C)(c1ccccc1)c1c[c-]c2c(c1)-c1cc(C(C)(C)c3ccccc3)ccc1C2.[C-]1=CC=CC1.[Cl-].[Cl-].[Ti+2]=[C]1CCCC1. The number of hydrogen-bond donors (Lipinski definition) is 0. The number of benzene rings is 4. The van der Waals surface area contributed by atoms with E-state index in [1.54, 1.807) is 3.81 Å².